The molecule has 0 saturated heterocycles. The summed E-state index contributed by atoms with van der Waals surface area (Å²) in [4.78, 5) is 0. The fraction of sp³-hybridized carbons (Fsp3) is 0.636. The maximum absolute atomic E-state index is 5.71. The molecular formula is C11H19NOS. The van der Waals surface area contributed by atoms with Gasteiger partial charge in [-0.25, -0.2) is 0 Å². The molecule has 1 aromatic heterocycles. The number of rotatable bonds is 6. The topological polar surface area (TPSA) is 39.2 Å². The van der Waals surface area contributed by atoms with E-state index >= 15 is 0 Å². The first-order chi connectivity index (χ1) is 6.77. The van der Waals surface area contributed by atoms with Crippen molar-refractivity contribution >= 4 is 11.8 Å². The highest BCUT2D eigenvalue weighted by Crippen LogP contribution is 2.29. The van der Waals surface area contributed by atoms with Gasteiger partial charge in [0.05, 0.1) is 11.5 Å². The normalized spacial score (nSPS) is 15.4. The summed E-state index contributed by atoms with van der Waals surface area (Å²) in [7, 11) is 0. The SMILES string of the molecule is CCC(C)CSC(CN)c1ccco1. The lowest BCUT2D eigenvalue weighted by atomic mass is 10.2. The van der Waals surface area contributed by atoms with E-state index < -0.39 is 0 Å². The first-order valence-corrected chi connectivity index (χ1v) is 6.17. The van der Waals surface area contributed by atoms with Crippen LogP contribution < -0.4 is 5.73 Å². The predicted molar refractivity (Wildman–Crippen MR) is 62.4 cm³/mol. The number of nitrogens with two attached hydrogens (primary N) is 1. The Morgan fingerprint density at radius 1 is 1.57 bits per heavy atom. The van der Waals surface area contributed by atoms with Gasteiger partial charge in [0.1, 0.15) is 5.76 Å². The Balaban J connectivity index is 2.40. The van der Waals surface area contributed by atoms with Crippen LogP contribution in [0.1, 0.15) is 31.3 Å². The molecule has 0 amide bonds. The van der Waals surface area contributed by atoms with Crippen LogP contribution in [-0.4, -0.2) is 12.3 Å². The second-order valence-corrected chi connectivity index (χ2v) is 4.82. The maximum Gasteiger partial charge on any atom is 0.118 e. The van der Waals surface area contributed by atoms with Gasteiger partial charge in [-0.05, 0) is 23.8 Å². The van der Waals surface area contributed by atoms with Gasteiger partial charge in [-0.1, -0.05) is 20.3 Å². The Morgan fingerprint density at radius 2 is 2.36 bits per heavy atom. The fourth-order valence-electron chi connectivity index (χ4n) is 1.14. The van der Waals surface area contributed by atoms with Crippen LogP contribution in [0.4, 0.5) is 0 Å². The van der Waals surface area contributed by atoms with Gasteiger partial charge in [0, 0.05) is 6.54 Å². The minimum atomic E-state index is 0.319. The highest BCUT2D eigenvalue weighted by atomic mass is 32.2. The van der Waals surface area contributed by atoms with Crippen molar-refractivity contribution < 1.29 is 4.42 Å². The maximum atomic E-state index is 5.71. The van der Waals surface area contributed by atoms with Crippen LogP contribution in [0.3, 0.4) is 0 Å². The molecule has 80 valence electrons. The van der Waals surface area contributed by atoms with E-state index in [4.69, 9.17) is 10.2 Å². The van der Waals surface area contributed by atoms with Crippen LogP contribution in [0.25, 0.3) is 0 Å². The molecule has 0 aliphatic rings. The van der Waals surface area contributed by atoms with E-state index in [1.165, 1.54) is 6.42 Å². The van der Waals surface area contributed by atoms with E-state index in [2.05, 4.69) is 13.8 Å². The van der Waals surface area contributed by atoms with E-state index in [-0.39, 0.29) is 0 Å². The first-order valence-electron chi connectivity index (χ1n) is 5.13. The molecule has 1 rings (SSSR count). The summed E-state index contributed by atoms with van der Waals surface area (Å²) in [6, 6.07) is 3.92. The van der Waals surface area contributed by atoms with Crippen molar-refractivity contribution in [3.8, 4) is 0 Å². The number of hydrogen-bond donors (Lipinski definition) is 1. The van der Waals surface area contributed by atoms with E-state index in [9.17, 15) is 0 Å². The van der Waals surface area contributed by atoms with Crippen LogP contribution in [0.15, 0.2) is 22.8 Å². The van der Waals surface area contributed by atoms with Crippen molar-refractivity contribution in [2.45, 2.75) is 25.5 Å². The standard InChI is InChI=1S/C11H19NOS/c1-3-9(2)8-14-11(7-12)10-5-4-6-13-10/h4-6,9,11H,3,7-8,12H2,1-2H3. The van der Waals surface area contributed by atoms with Crippen molar-refractivity contribution in [2.24, 2.45) is 11.7 Å². The van der Waals surface area contributed by atoms with Gasteiger partial charge in [0.25, 0.3) is 0 Å². The molecule has 2 atom stereocenters. The monoisotopic (exact) mass is 213 g/mol. The average molecular weight is 213 g/mol. The van der Waals surface area contributed by atoms with Crippen LogP contribution in [0, 0.1) is 5.92 Å². The highest BCUT2D eigenvalue weighted by molar-refractivity contribution is 7.99. The van der Waals surface area contributed by atoms with Gasteiger partial charge in [-0.15, -0.1) is 11.8 Å². The minimum Gasteiger partial charge on any atom is -0.468 e. The smallest absolute Gasteiger partial charge is 0.118 e. The summed E-state index contributed by atoms with van der Waals surface area (Å²) < 4.78 is 5.35. The van der Waals surface area contributed by atoms with Crippen LogP contribution in [0.5, 0.6) is 0 Å². The lowest BCUT2D eigenvalue weighted by Gasteiger charge is -2.14. The Morgan fingerprint density at radius 3 is 2.86 bits per heavy atom. The van der Waals surface area contributed by atoms with Crippen molar-refractivity contribution in [1.29, 1.82) is 0 Å². The van der Waals surface area contributed by atoms with E-state index in [1.807, 2.05) is 23.9 Å². The Kier molecular flexibility index (Phi) is 5.12. The zero-order valence-corrected chi connectivity index (χ0v) is 9.72. The molecule has 0 saturated carbocycles. The Labute approximate surface area is 90.2 Å². The molecule has 1 aromatic rings. The molecular weight excluding hydrogens is 194 g/mol. The molecule has 1 heterocycles. The molecule has 0 aliphatic carbocycles. The summed E-state index contributed by atoms with van der Waals surface area (Å²) in [5.41, 5.74) is 5.71. The summed E-state index contributed by atoms with van der Waals surface area (Å²) in [5, 5.41) is 0.319. The lowest BCUT2D eigenvalue weighted by molar-refractivity contribution is 0.506. The van der Waals surface area contributed by atoms with Crippen molar-refractivity contribution in [3.05, 3.63) is 24.2 Å². The molecule has 0 radical (unpaired) electrons. The van der Waals surface area contributed by atoms with E-state index in [0.717, 1.165) is 17.4 Å². The average Bonchev–Trinajstić information content (AvgIpc) is 2.72. The molecule has 0 aliphatic heterocycles. The van der Waals surface area contributed by atoms with Crippen molar-refractivity contribution in [3.63, 3.8) is 0 Å². The van der Waals surface area contributed by atoms with Crippen LogP contribution in [0.2, 0.25) is 0 Å². The van der Waals surface area contributed by atoms with E-state index in [0.29, 0.717) is 11.8 Å². The third-order valence-corrected chi connectivity index (χ3v) is 3.94. The predicted octanol–water partition coefficient (Wildman–Crippen LogP) is 3.06. The Bertz CT molecular complexity index is 235. The Hall–Kier alpha value is -0.410. The minimum absolute atomic E-state index is 0.319. The van der Waals surface area contributed by atoms with Gasteiger partial charge >= 0.3 is 0 Å². The largest absolute Gasteiger partial charge is 0.468 e. The van der Waals surface area contributed by atoms with Gasteiger partial charge < -0.3 is 10.2 Å². The highest BCUT2D eigenvalue weighted by Gasteiger charge is 2.13. The zero-order valence-electron chi connectivity index (χ0n) is 8.90. The summed E-state index contributed by atoms with van der Waals surface area (Å²) in [6.07, 6.45) is 2.93. The van der Waals surface area contributed by atoms with Gasteiger partial charge in [0.2, 0.25) is 0 Å². The molecule has 2 unspecified atom stereocenters. The number of hydrogen-bond acceptors (Lipinski definition) is 3. The molecule has 2 nitrogen and oxygen atoms in total. The summed E-state index contributed by atoms with van der Waals surface area (Å²) in [5.74, 6) is 2.91. The van der Waals surface area contributed by atoms with Crippen LogP contribution >= 0.6 is 11.8 Å². The summed E-state index contributed by atoms with van der Waals surface area (Å²) >= 11 is 1.89. The molecule has 0 aromatic carbocycles. The fourth-order valence-corrected chi connectivity index (χ4v) is 2.37. The quantitative estimate of drug-likeness (QED) is 0.789. The molecule has 0 spiro atoms. The third kappa shape index (κ3) is 3.39. The summed E-state index contributed by atoms with van der Waals surface area (Å²) in [6.45, 7) is 5.13. The zero-order chi connectivity index (χ0) is 10.4. The first kappa shape index (κ1) is 11.7. The van der Waals surface area contributed by atoms with E-state index in [1.54, 1.807) is 6.26 Å². The molecule has 3 heteroatoms. The van der Waals surface area contributed by atoms with Gasteiger partial charge in [-0.3, -0.25) is 0 Å². The van der Waals surface area contributed by atoms with Crippen LogP contribution in [-0.2, 0) is 0 Å². The third-order valence-electron chi connectivity index (χ3n) is 2.35. The molecule has 14 heavy (non-hydrogen) atoms. The number of thioether (sulfide) groups is 1. The van der Waals surface area contributed by atoms with Crippen molar-refractivity contribution in [2.75, 3.05) is 12.3 Å². The molecule has 0 fully saturated rings. The second-order valence-electron chi connectivity index (χ2n) is 3.59. The van der Waals surface area contributed by atoms with Gasteiger partial charge in [-0.2, -0.15) is 0 Å². The van der Waals surface area contributed by atoms with Crippen molar-refractivity contribution in [1.82, 2.24) is 0 Å². The number of furan rings is 1. The second kappa shape index (κ2) is 6.14. The molecule has 2 N–H and O–H groups in total. The molecule has 0 bridgehead atoms. The lowest BCUT2D eigenvalue weighted by Crippen LogP contribution is -2.10. The van der Waals surface area contributed by atoms with Gasteiger partial charge in [0.15, 0.2) is 0 Å².